The molecule has 0 bridgehead atoms. The van der Waals surface area contributed by atoms with Gasteiger partial charge in [0.05, 0.1) is 0 Å². The highest BCUT2D eigenvalue weighted by Gasteiger charge is 2.17. The first-order chi connectivity index (χ1) is 9.92. The van der Waals surface area contributed by atoms with Crippen LogP contribution in [0.15, 0.2) is 48.5 Å². The maximum Gasteiger partial charge on any atom is 0.127 e. The first-order valence-electron chi connectivity index (χ1n) is 7.56. The molecule has 21 heavy (non-hydrogen) atoms. The van der Waals surface area contributed by atoms with Crippen molar-refractivity contribution < 1.29 is 4.74 Å². The van der Waals surface area contributed by atoms with Crippen molar-refractivity contribution in [3.63, 3.8) is 0 Å². The van der Waals surface area contributed by atoms with E-state index in [9.17, 15) is 0 Å². The van der Waals surface area contributed by atoms with E-state index in [1.807, 2.05) is 43.3 Å². The molecule has 2 aromatic carbocycles. The Hall–Kier alpha value is -1.80. The average Bonchev–Trinajstić information content (AvgIpc) is 2.48. The van der Waals surface area contributed by atoms with Gasteiger partial charge in [-0.3, -0.25) is 0 Å². The van der Waals surface area contributed by atoms with Gasteiger partial charge in [0.2, 0.25) is 0 Å². The number of hydrogen-bond acceptors (Lipinski definition) is 2. The fourth-order valence-electron chi connectivity index (χ4n) is 2.15. The summed E-state index contributed by atoms with van der Waals surface area (Å²) in [4.78, 5) is 0. The van der Waals surface area contributed by atoms with Gasteiger partial charge >= 0.3 is 0 Å². The van der Waals surface area contributed by atoms with Crippen molar-refractivity contribution >= 4 is 0 Å². The summed E-state index contributed by atoms with van der Waals surface area (Å²) >= 11 is 0. The molecule has 0 aliphatic carbocycles. The van der Waals surface area contributed by atoms with Crippen molar-refractivity contribution in [3.05, 3.63) is 59.7 Å². The third kappa shape index (κ3) is 3.85. The van der Waals surface area contributed by atoms with Crippen molar-refractivity contribution in [2.75, 3.05) is 0 Å². The molecule has 0 aliphatic heterocycles. The van der Waals surface area contributed by atoms with Crippen LogP contribution < -0.4 is 10.5 Å². The zero-order valence-corrected chi connectivity index (χ0v) is 13.4. The van der Waals surface area contributed by atoms with E-state index in [4.69, 9.17) is 10.5 Å². The molecule has 0 unspecified atom stereocenters. The van der Waals surface area contributed by atoms with Gasteiger partial charge in [-0.2, -0.15) is 0 Å². The van der Waals surface area contributed by atoms with E-state index in [0.717, 1.165) is 23.5 Å². The van der Waals surface area contributed by atoms with Crippen LogP contribution in [0.4, 0.5) is 0 Å². The standard InChI is InChI=1S/C19H25NO/c1-5-19(3,4)16-8-12-18(13-9-16)21-17-10-6-15(7-11-17)14(2)20/h6-14H,5,20H2,1-4H3/t14-/m1/s1. The maximum absolute atomic E-state index is 5.87. The van der Waals surface area contributed by atoms with Crippen molar-refractivity contribution in [2.45, 2.75) is 45.6 Å². The van der Waals surface area contributed by atoms with Crippen molar-refractivity contribution in [3.8, 4) is 11.5 Å². The van der Waals surface area contributed by atoms with Crippen LogP contribution in [-0.2, 0) is 5.41 Å². The molecule has 0 aromatic heterocycles. The van der Waals surface area contributed by atoms with E-state index < -0.39 is 0 Å². The number of rotatable bonds is 5. The highest BCUT2D eigenvalue weighted by Crippen LogP contribution is 2.29. The summed E-state index contributed by atoms with van der Waals surface area (Å²) in [5, 5.41) is 0. The molecule has 0 heterocycles. The van der Waals surface area contributed by atoms with Gasteiger partial charge in [0, 0.05) is 6.04 Å². The number of hydrogen-bond donors (Lipinski definition) is 1. The van der Waals surface area contributed by atoms with Gasteiger partial charge < -0.3 is 10.5 Å². The summed E-state index contributed by atoms with van der Waals surface area (Å²) in [6.45, 7) is 8.71. The Morgan fingerprint density at radius 1 is 0.952 bits per heavy atom. The van der Waals surface area contributed by atoms with Gasteiger partial charge in [-0.25, -0.2) is 0 Å². The van der Waals surface area contributed by atoms with Crippen molar-refractivity contribution in [1.29, 1.82) is 0 Å². The molecule has 2 N–H and O–H groups in total. The van der Waals surface area contributed by atoms with Crippen LogP contribution in [0.3, 0.4) is 0 Å². The zero-order chi connectivity index (χ0) is 15.5. The summed E-state index contributed by atoms with van der Waals surface area (Å²) in [6, 6.07) is 16.4. The van der Waals surface area contributed by atoms with Crippen LogP contribution in [0.25, 0.3) is 0 Å². The van der Waals surface area contributed by atoms with Crippen LogP contribution >= 0.6 is 0 Å². The van der Waals surface area contributed by atoms with Gasteiger partial charge in [-0.1, -0.05) is 45.0 Å². The normalized spacial score (nSPS) is 13.0. The Labute approximate surface area is 127 Å². The van der Waals surface area contributed by atoms with Crippen LogP contribution in [0.2, 0.25) is 0 Å². The summed E-state index contributed by atoms with van der Waals surface area (Å²) in [5.41, 5.74) is 8.50. The number of nitrogens with two attached hydrogens (primary N) is 1. The highest BCUT2D eigenvalue weighted by atomic mass is 16.5. The molecule has 2 aromatic rings. The smallest absolute Gasteiger partial charge is 0.127 e. The first-order valence-corrected chi connectivity index (χ1v) is 7.56. The minimum atomic E-state index is 0.0506. The molecule has 2 nitrogen and oxygen atoms in total. The molecular weight excluding hydrogens is 258 g/mol. The second-order valence-corrected chi connectivity index (χ2v) is 6.22. The minimum Gasteiger partial charge on any atom is -0.457 e. The van der Waals surface area contributed by atoms with Gasteiger partial charge in [-0.05, 0) is 54.2 Å². The quantitative estimate of drug-likeness (QED) is 0.820. The number of ether oxygens (including phenoxy) is 1. The van der Waals surface area contributed by atoms with E-state index in [2.05, 4.69) is 32.9 Å². The zero-order valence-electron chi connectivity index (χ0n) is 13.4. The van der Waals surface area contributed by atoms with Crippen LogP contribution in [0.1, 0.15) is 51.3 Å². The predicted octanol–water partition coefficient (Wildman–Crippen LogP) is 5.19. The molecule has 1 atom stereocenters. The molecule has 0 radical (unpaired) electrons. The first kappa shape index (κ1) is 15.6. The lowest BCUT2D eigenvalue weighted by Gasteiger charge is -2.23. The predicted molar refractivity (Wildman–Crippen MR) is 88.9 cm³/mol. The van der Waals surface area contributed by atoms with Gasteiger partial charge in [0.25, 0.3) is 0 Å². The third-order valence-corrected chi connectivity index (χ3v) is 4.16. The van der Waals surface area contributed by atoms with E-state index in [0.29, 0.717) is 0 Å². The molecule has 0 fully saturated rings. The van der Waals surface area contributed by atoms with Gasteiger partial charge in [0.1, 0.15) is 11.5 Å². The Morgan fingerprint density at radius 3 is 1.86 bits per heavy atom. The molecular formula is C19H25NO. The maximum atomic E-state index is 5.87. The molecule has 2 rings (SSSR count). The molecule has 2 heteroatoms. The molecule has 0 saturated heterocycles. The topological polar surface area (TPSA) is 35.2 Å². The fraction of sp³-hybridized carbons (Fsp3) is 0.368. The van der Waals surface area contributed by atoms with Crippen LogP contribution in [0, 0.1) is 0 Å². The van der Waals surface area contributed by atoms with E-state index in [1.54, 1.807) is 0 Å². The second-order valence-electron chi connectivity index (χ2n) is 6.22. The van der Waals surface area contributed by atoms with E-state index >= 15 is 0 Å². The van der Waals surface area contributed by atoms with Crippen molar-refractivity contribution in [1.82, 2.24) is 0 Å². The minimum absolute atomic E-state index is 0.0506. The van der Waals surface area contributed by atoms with Crippen LogP contribution in [-0.4, -0.2) is 0 Å². The summed E-state index contributed by atoms with van der Waals surface area (Å²) in [7, 11) is 0. The summed E-state index contributed by atoms with van der Waals surface area (Å²) in [5.74, 6) is 1.70. The lowest BCUT2D eigenvalue weighted by atomic mass is 9.82. The lowest BCUT2D eigenvalue weighted by molar-refractivity contribution is 0.478. The summed E-state index contributed by atoms with van der Waals surface area (Å²) in [6.07, 6.45) is 1.12. The molecule has 0 amide bonds. The molecule has 0 spiro atoms. The molecule has 112 valence electrons. The monoisotopic (exact) mass is 283 g/mol. The number of benzene rings is 2. The highest BCUT2D eigenvalue weighted by molar-refractivity contribution is 5.36. The second kappa shape index (κ2) is 6.31. The Balaban J connectivity index is 2.10. The fourth-order valence-corrected chi connectivity index (χ4v) is 2.15. The third-order valence-electron chi connectivity index (χ3n) is 4.16. The Morgan fingerprint density at radius 2 is 1.43 bits per heavy atom. The lowest BCUT2D eigenvalue weighted by Crippen LogP contribution is -2.14. The molecule has 0 aliphatic rings. The van der Waals surface area contributed by atoms with Gasteiger partial charge in [-0.15, -0.1) is 0 Å². The van der Waals surface area contributed by atoms with Gasteiger partial charge in [0.15, 0.2) is 0 Å². The molecule has 0 saturated carbocycles. The Kier molecular flexibility index (Phi) is 4.69. The summed E-state index contributed by atoms with van der Waals surface area (Å²) < 4.78 is 5.87. The van der Waals surface area contributed by atoms with Crippen LogP contribution in [0.5, 0.6) is 11.5 Å². The largest absolute Gasteiger partial charge is 0.457 e. The van der Waals surface area contributed by atoms with E-state index in [-0.39, 0.29) is 11.5 Å². The van der Waals surface area contributed by atoms with Crippen molar-refractivity contribution in [2.24, 2.45) is 5.73 Å². The SMILES string of the molecule is CCC(C)(C)c1ccc(Oc2ccc([C@@H](C)N)cc2)cc1. The Bertz CT molecular complexity index is 568. The average molecular weight is 283 g/mol. The van der Waals surface area contributed by atoms with E-state index in [1.165, 1.54) is 5.56 Å².